The third kappa shape index (κ3) is 4.82. The Morgan fingerprint density at radius 1 is 1.75 bits per heavy atom. The predicted octanol–water partition coefficient (Wildman–Crippen LogP) is 3.06. The molecule has 0 heterocycles. The molecule has 0 spiro atoms. The lowest BCUT2D eigenvalue weighted by molar-refractivity contribution is 1.22. The van der Waals surface area contributed by atoms with Gasteiger partial charge in [-0.1, -0.05) is 23.2 Å². The summed E-state index contributed by atoms with van der Waals surface area (Å²) in [6, 6.07) is 0. The van der Waals surface area contributed by atoms with Crippen LogP contribution in [0.15, 0.2) is 10.6 Å². The van der Waals surface area contributed by atoms with Crippen LogP contribution in [0.3, 0.4) is 0 Å². The van der Waals surface area contributed by atoms with E-state index in [1.165, 1.54) is 5.54 Å². The molecule has 0 atom stereocenters. The highest BCUT2D eigenvalue weighted by Crippen LogP contribution is 2.11. The molecule has 0 aliphatic carbocycles. The lowest BCUT2D eigenvalue weighted by Gasteiger charge is -1.91. The molecule has 48 valence electrons. The largest absolute Gasteiger partial charge is 0.165 e. The third-order valence-corrected chi connectivity index (χ3v) is 1.95. The third-order valence-electron chi connectivity index (χ3n) is 0.663. The highest BCUT2D eigenvalue weighted by molar-refractivity contribution is 7.98. The maximum atomic E-state index is 5.56. The molecular formula is C5H8Cl2S. The number of hydrogen-bond acceptors (Lipinski definition) is 1. The van der Waals surface area contributed by atoms with E-state index in [4.69, 9.17) is 23.2 Å². The van der Waals surface area contributed by atoms with Gasteiger partial charge in [0.1, 0.15) is 0 Å². The van der Waals surface area contributed by atoms with Gasteiger partial charge >= 0.3 is 0 Å². The van der Waals surface area contributed by atoms with Gasteiger partial charge in [-0.3, -0.25) is 0 Å². The number of hydrogen-bond donors (Lipinski definition) is 0. The Morgan fingerprint density at radius 2 is 2.38 bits per heavy atom. The smallest absolute Gasteiger partial charge is 0.0302 e. The lowest BCUT2D eigenvalue weighted by atomic mass is 10.5. The van der Waals surface area contributed by atoms with Gasteiger partial charge in [0.25, 0.3) is 0 Å². The van der Waals surface area contributed by atoms with Gasteiger partial charge < -0.3 is 0 Å². The lowest BCUT2D eigenvalue weighted by Crippen LogP contribution is -1.75. The Balaban J connectivity index is 3.12. The first kappa shape index (κ1) is 8.67. The summed E-state index contributed by atoms with van der Waals surface area (Å²) in [5.41, 5.74) is 1.41. The zero-order valence-corrected chi connectivity index (χ0v) is 6.98. The van der Waals surface area contributed by atoms with Crippen LogP contribution >= 0.6 is 35.0 Å². The second kappa shape index (κ2) is 5.80. The van der Waals surface area contributed by atoms with E-state index in [0.717, 1.165) is 17.2 Å². The summed E-state index contributed by atoms with van der Waals surface area (Å²) in [6.07, 6.45) is 2.92. The summed E-state index contributed by atoms with van der Waals surface area (Å²) in [5, 5.41) is 0.737. The van der Waals surface area contributed by atoms with Gasteiger partial charge in [0.2, 0.25) is 0 Å². The van der Waals surface area contributed by atoms with Crippen molar-refractivity contribution in [2.45, 2.75) is 6.42 Å². The van der Waals surface area contributed by atoms with E-state index in [2.05, 4.69) is 0 Å². The molecule has 0 N–H and O–H groups in total. The zero-order chi connectivity index (χ0) is 6.41. The average Bonchev–Trinajstić information content (AvgIpc) is 1.83. The molecule has 0 radical (unpaired) electrons. The van der Waals surface area contributed by atoms with Crippen LogP contribution in [-0.2, 0) is 0 Å². The fourth-order valence-electron chi connectivity index (χ4n) is 0.254. The van der Waals surface area contributed by atoms with Gasteiger partial charge in [0.05, 0.1) is 0 Å². The Bertz CT molecular complexity index is 80.5. The van der Waals surface area contributed by atoms with E-state index >= 15 is 0 Å². The molecule has 0 aromatic carbocycles. The molecule has 0 bridgehead atoms. The topological polar surface area (TPSA) is 0 Å². The monoisotopic (exact) mass is 170 g/mol. The van der Waals surface area contributed by atoms with Gasteiger partial charge in [-0.15, -0.1) is 0 Å². The molecule has 0 saturated carbocycles. The van der Waals surface area contributed by atoms with E-state index in [-0.39, 0.29) is 0 Å². The number of rotatable bonds is 3. The number of allylic oxidation sites excluding steroid dienone is 1. The van der Waals surface area contributed by atoms with Crippen LogP contribution in [0, 0.1) is 0 Å². The summed E-state index contributed by atoms with van der Waals surface area (Å²) in [5.74, 6) is 1.04. The standard InChI is InChI=1S/C5H8Cl2S/c1-8-3-2-5(7)4-6/h4H,2-3H2,1H3. The summed E-state index contributed by atoms with van der Waals surface area (Å²) in [7, 11) is 0. The summed E-state index contributed by atoms with van der Waals surface area (Å²) >= 11 is 12.6. The van der Waals surface area contributed by atoms with Crippen molar-refractivity contribution in [1.82, 2.24) is 0 Å². The molecule has 0 amide bonds. The molecule has 0 fully saturated rings. The first-order valence-electron chi connectivity index (χ1n) is 2.25. The predicted molar refractivity (Wildman–Crippen MR) is 42.8 cm³/mol. The van der Waals surface area contributed by atoms with Gasteiger partial charge in [-0.2, -0.15) is 11.8 Å². The van der Waals surface area contributed by atoms with Crippen molar-refractivity contribution >= 4 is 35.0 Å². The van der Waals surface area contributed by atoms with Crippen LogP contribution in [-0.4, -0.2) is 12.0 Å². The van der Waals surface area contributed by atoms with Crippen LogP contribution in [0.1, 0.15) is 6.42 Å². The first-order valence-corrected chi connectivity index (χ1v) is 4.45. The highest BCUT2D eigenvalue weighted by atomic mass is 35.5. The Kier molecular flexibility index (Phi) is 6.29. The van der Waals surface area contributed by atoms with Crippen molar-refractivity contribution in [2.75, 3.05) is 12.0 Å². The molecule has 0 aliphatic rings. The van der Waals surface area contributed by atoms with Gasteiger partial charge in [-0.05, 0) is 18.4 Å². The minimum Gasteiger partial charge on any atom is -0.165 e. The van der Waals surface area contributed by atoms with Gasteiger partial charge in [0, 0.05) is 10.6 Å². The summed E-state index contributed by atoms with van der Waals surface area (Å²) < 4.78 is 0. The fourth-order valence-corrected chi connectivity index (χ4v) is 0.994. The molecule has 0 aliphatic heterocycles. The molecule has 0 saturated heterocycles. The minimum absolute atomic E-state index is 0.737. The SMILES string of the molecule is CSCCC(Cl)=CCl. The number of thioether (sulfide) groups is 1. The van der Waals surface area contributed by atoms with E-state index in [1.807, 2.05) is 6.26 Å². The average molecular weight is 171 g/mol. The van der Waals surface area contributed by atoms with Crippen LogP contribution < -0.4 is 0 Å². The maximum absolute atomic E-state index is 5.56. The zero-order valence-electron chi connectivity index (χ0n) is 4.66. The summed E-state index contributed by atoms with van der Waals surface area (Å²) in [4.78, 5) is 0. The van der Waals surface area contributed by atoms with E-state index in [0.29, 0.717) is 0 Å². The highest BCUT2D eigenvalue weighted by Gasteiger charge is 1.87. The molecule has 0 aromatic rings. The molecule has 0 nitrogen and oxygen atoms in total. The van der Waals surface area contributed by atoms with Crippen LogP contribution in [0.5, 0.6) is 0 Å². The molecule has 0 aromatic heterocycles. The molecular weight excluding hydrogens is 163 g/mol. The van der Waals surface area contributed by atoms with Gasteiger partial charge in [0.15, 0.2) is 0 Å². The van der Waals surface area contributed by atoms with Crippen molar-refractivity contribution in [2.24, 2.45) is 0 Å². The number of halogens is 2. The fraction of sp³-hybridized carbons (Fsp3) is 0.600. The molecule has 0 unspecified atom stereocenters. The van der Waals surface area contributed by atoms with E-state index < -0.39 is 0 Å². The van der Waals surface area contributed by atoms with Crippen molar-refractivity contribution < 1.29 is 0 Å². The first-order chi connectivity index (χ1) is 3.81. The molecule has 0 rings (SSSR count). The second-order valence-corrected chi connectivity index (χ2v) is 2.99. The molecule has 8 heavy (non-hydrogen) atoms. The summed E-state index contributed by atoms with van der Waals surface area (Å²) in [6.45, 7) is 0. The minimum atomic E-state index is 0.737. The maximum Gasteiger partial charge on any atom is 0.0302 e. The van der Waals surface area contributed by atoms with Crippen molar-refractivity contribution in [3.05, 3.63) is 10.6 Å². The van der Waals surface area contributed by atoms with Crippen molar-refractivity contribution in [1.29, 1.82) is 0 Å². The van der Waals surface area contributed by atoms with Crippen LogP contribution in [0.4, 0.5) is 0 Å². The second-order valence-electron chi connectivity index (χ2n) is 1.30. The quantitative estimate of drug-likeness (QED) is 0.628. The normalized spacial score (nSPS) is 12.1. The molecule has 3 heteroatoms. The van der Waals surface area contributed by atoms with Crippen LogP contribution in [0.25, 0.3) is 0 Å². The van der Waals surface area contributed by atoms with Crippen LogP contribution in [0.2, 0.25) is 0 Å². The van der Waals surface area contributed by atoms with Gasteiger partial charge in [-0.25, -0.2) is 0 Å². The van der Waals surface area contributed by atoms with E-state index in [9.17, 15) is 0 Å². The Hall–Kier alpha value is 0.670. The van der Waals surface area contributed by atoms with Crippen molar-refractivity contribution in [3.63, 3.8) is 0 Å². The van der Waals surface area contributed by atoms with E-state index in [1.54, 1.807) is 11.8 Å². The van der Waals surface area contributed by atoms with Crippen molar-refractivity contribution in [3.8, 4) is 0 Å². The Morgan fingerprint density at radius 3 is 2.75 bits per heavy atom. The Labute approximate surface area is 64.2 Å².